The molecule has 1 fully saturated rings. The smallest absolute Gasteiger partial charge is 0.175 e. The molecule has 0 radical (unpaired) electrons. The van der Waals surface area contributed by atoms with E-state index in [2.05, 4.69) is 15.1 Å². The van der Waals surface area contributed by atoms with Crippen LogP contribution in [0.1, 0.15) is 24.5 Å². The average molecular weight is 349 g/mol. The molecule has 0 unspecified atom stereocenters. The lowest BCUT2D eigenvalue weighted by Crippen LogP contribution is -2.37. The van der Waals surface area contributed by atoms with E-state index in [0.29, 0.717) is 18.3 Å². The number of nitrogens with one attached hydrogen (secondary N) is 1. The van der Waals surface area contributed by atoms with Crippen molar-refractivity contribution in [1.82, 2.24) is 15.1 Å². The van der Waals surface area contributed by atoms with Gasteiger partial charge in [0.05, 0.1) is 4.90 Å². The van der Waals surface area contributed by atoms with E-state index in [0.717, 1.165) is 26.1 Å². The van der Waals surface area contributed by atoms with Crippen molar-refractivity contribution >= 4 is 9.84 Å². The number of rotatable bonds is 6. The summed E-state index contributed by atoms with van der Waals surface area (Å²) in [4.78, 5) is 2.67. The second kappa shape index (κ2) is 7.36. The van der Waals surface area contributed by atoms with Gasteiger partial charge in [-0.1, -0.05) is 6.07 Å². The Kier molecular flexibility index (Phi) is 5.20. The number of piperidine rings is 1. The minimum atomic E-state index is -3.20. The second-order valence-electron chi connectivity index (χ2n) is 6.25. The highest BCUT2D eigenvalue weighted by Crippen LogP contribution is 2.25. The Morgan fingerprint density at radius 1 is 1.38 bits per heavy atom. The molecular formula is C17H23N3O3S. The maximum absolute atomic E-state index is 11.6. The number of benzene rings is 1. The Hall–Kier alpha value is -1.86. The van der Waals surface area contributed by atoms with Crippen molar-refractivity contribution in [3.63, 3.8) is 0 Å². The monoisotopic (exact) mass is 349 g/mol. The van der Waals surface area contributed by atoms with Crippen LogP contribution >= 0.6 is 0 Å². The third-order valence-electron chi connectivity index (χ3n) is 4.38. The van der Waals surface area contributed by atoms with Gasteiger partial charge in [-0.3, -0.25) is 10.00 Å². The fourth-order valence-electron chi connectivity index (χ4n) is 3.09. The number of H-pyrrole nitrogens is 1. The number of likely N-dealkylation sites (tertiary alicyclic amines) is 1. The molecular weight excluding hydrogens is 326 g/mol. The number of hydrogen-bond acceptors (Lipinski definition) is 5. The predicted octanol–water partition coefficient (Wildman–Crippen LogP) is 2.07. The molecule has 0 spiro atoms. The lowest BCUT2D eigenvalue weighted by molar-refractivity contribution is 0.169. The molecule has 1 aromatic heterocycles. The number of ether oxygens (including phenoxy) is 1. The van der Waals surface area contributed by atoms with Crippen molar-refractivity contribution in [2.24, 2.45) is 0 Å². The van der Waals surface area contributed by atoms with Crippen LogP contribution in [0.25, 0.3) is 0 Å². The molecule has 0 aliphatic carbocycles. The first-order valence-electron chi connectivity index (χ1n) is 8.17. The Morgan fingerprint density at radius 3 is 3.00 bits per heavy atom. The Bertz CT molecular complexity index is 759. The maximum Gasteiger partial charge on any atom is 0.175 e. The van der Waals surface area contributed by atoms with Gasteiger partial charge in [0, 0.05) is 37.2 Å². The normalized spacial score (nSPS) is 19.3. The molecule has 7 heteroatoms. The van der Waals surface area contributed by atoms with Gasteiger partial charge in [0.15, 0.2) is 9.84 Å². The summed E-state index contributed by atoms with van der Waals surface area (Å²) in [5.74, 6) is 1.09. The van der Waals surface area contributed by atoms with Crippen molar-refractivity contribution in [2.75, 3.05) is 32.5 Å². The topological polar surface area (TPSA) is 75.3 Å². The van der Waals surface area contributed by atoms with Crippen molar-refractivity contribution in [2.45, 2.75) is 23.7 Å². The standard InChI is InChI=1S/C17H23N3O3S/c1-24(21,22)16-6-2-5-15(12-16)23-11-10-20-9-3-4-14(13-20)17-7-8-18-19-17/h2,5-8,12,14H,3-4,9-11,13H2,1H3,(H,18,19)/t14-/m1/s1. The largest absolute Gasteiger partial charge is 0.492 e. The molecule has 0 bridgehead atoms. The molecule has 24 heavy (non-hydrogen) atoms. The molecule has 2 heterocycles. The highest BCUT2D eigenvalue weighted by molar-refractivity contribution is 7.90. The summed E-state index contributed by atoms with van der Waals surface area (Å²) < 4.78 is 28.9. The molecule has 0 saturated carbocycles. The molecule has 1 aliphatic heterocycles. The SMILES string of the molecule is CS(=O)(=O)c1cccc(OCCN2CCC[C@@H](c3ccn[nH]3)C2)c1. The van der Waals surface area contributed by atoms with Gasteiger partial charge in [-0.25, -0.2) is 8.42 Å². The van der Waals surface area contributed by atoms with Crippen LogP contribution in [0.3, 0.4) is 0 Å². The van der Waals surface area contributed by atoms with E-state index in [1.54, 1.807) is 30.5 Å². The molecule has 1 saturated heterocycles. The predicted molar refractivity (Wildman–Crippen MR) is 92.0 cm³/mol. The van der Waals surface area contributed by atoms with E-state index < -0.39 is 9.84 Å². The van der Waals surface area contributed by atoms with Gasteiger partial charge in [0.2, 0.25) is 0 Å². The number of sulfone groups is 1. The summed E-state index contributed by atoms with van der Waals surface area (Å²) in [5, 5.41) is 7.10. The van der Waals surface area contributed by atoms with Crippen molar-refractivity contribution < 1.29 is 13.2 Å². The van der Waals surface area contributed by atoms with Gasteiger partial charge in [-0.05, 0) is 43.7 Å². The molecule has 130 valence electrons. The molecule has 1 atom stereocenters. The van der Waals surface area contributed by atoms with Crippen molar-refractivity contribution in [3.05, 3.63) is 42.2 Å². The van der Waals surface area contributed by atoms with Gasteiger partial charge >= 0.3 is 0 Å². The third-order valence-corrected chi connectivity index (χ3v) is 5.49. The van der Waals surface area contributed by atoms with E-state index in [4.69, 9.17) is 4.74 Å². The summed E-state index contributed by atoms with van der Waals surface area (Å²) in [5.41, 5.74) is 1.20. The lowest BCUT2D eigenvalue weighted by atomic mass is 9.95. The second-order valence-corrected chi connectivity index (χ2v) is 8.26. The minimum absolute atomic E-state index is 0.289. The van der Waals surface area contributed by atoms with E-state index in [9.17, 15) is 8.42 Å². The summed E-state index contributed by atoms with van der Waals surface area (Å²) >= 11 is 0. The number of aromatic amines is 1. The van der Waals surface area contributed by atoms with Gasteiger partial charge in [-0.2, -0.15) is 5.10 Å². The maximum atomic E-state index is 11.6. The fourth-order valence-corrected chi connectivity index (χ4v) is 3.75. The van der Waals surface area contributed by atoms with Crippen LogP contribution in [-0.4, -0.2) is 56.0 Å². The number of hydrogen-bond donors (Lipinski definition) is 1. The van der Waals surface area contributed by atoms with Gasteiger partial charge in [0.1, 0.15) is 12.4 Å². The van der Waals surface area contributed by atoms with Crippen LogP contribution in [0.5, 0.6) is 5.75 Å². The molecule has 3 rings (SSSR count). The van der Waals surface area contributed by atoms with Crippen LogP contribution in [0, 0.1) is 0 Å². The molecule has 1 aliphatic rings. The molecule has 1 N–H and O–H groups in total. The molecule has 2 aromatic rings. The van der Waals surface area contributed by atoms with E-state index in [1.165, 1.54) is 18.4 Å². The van der Waals surface area contributed by atoms with Gasteiger partial charge < -0.3 is 4.74 Å². The lowest BCUT2D eigenvalue weighted by Gasteiger charge is -2.32. The highest BCUT2D eigenvalue weighted by atomic mass is 32.2. The Labute approximate surface area is 142 Å². The highest BCUT2D eigenvalue weighted by Gasteiger charge is 2.22. The van der Waals surface area contributed by atoms with Crippen LogP contribution in [0.15, 0.2) is 41.4 Å². The first-order chi connectivity index (χ1) is 11.5. The Balaban J connectivity index is 1.51. The fraction of sp³-hybridized carbons (Fsp3) is 0.471. The average Bonchev–Trinajstić information content (AvgIpc) is 3.09. The van der Waals surface area contributed by atoms with E-state index in [-0.39, 0.29) is 4.90 Å². The molecule has 0 amide bonds. The van der Waals surface area contributed by atoms with Gasteiger partial charge in [-0.15, -0.1) is 0 Å². The van der Waals surface area contributed by atoms with Crippen molar-refractivity contribution in [3.8, 4) is 5.75 Å². The summed E-state index contributed by atoms with van der Waals surface area (Å²) in [6.07, 6.45) is 5.34. The molecule has 1 aromatic carbocycles. The summed E-state index contributed by atoms with van der Waals surface area (Å²) in [6, 6.07) is 8.71. The van der Waals surface area contributed by atoms with Crippen LogP contribution < -0.4 is 4.74 Å². The summed E-state index contributed by atoms with van der Waals surface area (Å²) in [7, 11) is -3.20. The first kappa shape index (κ1) is 17.0. The van der Waals surface area contributed by atoms with E-state index >= 15 is 0 Å². The zero-order valence-corrected chi connectivity index (χ0v) is 14.6. The van der Waals surface area contributed by atoms with Crippen LogP contribution in [0.4, 0.5) is 0 Å². The Morgan fingerprint density at radius 2 is 2.25 bits per heavy atom. The number of nitrogens with zero attached hydrogens (tertiary/aromatic N) is 2. The number of aromatic nitrogens is 2. The van der Waals surface area contributed by atoms with E-state index in [1.807, 2.05) is 6.07 Å². The van der Waals surface area contributed by atoms with Gasteiger partial charge in [0.25, 0.3) is 0 Å². The minimum Gasteiger partial charge on any atom is -0.492 e. The van der Waals surface area contributed by atoms with Crippen LogP contribution in [-0.2, 0) is 9.84 Å². The van der Waals surface area contributed by atoms with Crippen molar-refractivity contribution in [1.29, 1.82) is 0 Å². The summed E-state index contributed by atoms with van der Waals surface area (Å²) in [6.45, 7) is 3.43. The quantitative estimate of drug-likeness (QED) is 0.864. The third kappa shape index (κ3) is 4.36. The first-order valence-corrected chi connectivity index (χ1v) is 10.1. The van der Waals surface area contributed by atoms with Crippen LogP contribution in [0.2, 0.25) is 0 Å². The zero-order valence-electron chi connectivity index (χ0n) is 13.8. The zero-order chi connectivity index (χ0) is 17.0. The molecule has 6 nitrogen and oxygen atoms in total.